The molecular weight excluding hydrogens is 278 g/mol. The van der Waals surface area contributed by atoms with E-state index in [0.29, 0.717) is 12.3 Å². The first kappa shape index (κ1) is 15.2. The number of thiazole rings is 1. The lowest BCUT2D eigenvalue weighted by Gasteiger charge is -2.26. The lowest BCUT2D eigenvalue weighted by atomic mass is 10.4. The van der Waals surface area contributed by atoms with Crippen LogP contribution in [0.15, 0.2) is 0 Å². The molecule has 1 aliphatic rings. The van der Waals surface area contributed by atoms with Crippen molar-refractivity contribution in [2.24, 2.45) is 0 Å². The molecule has 7 heteroatoms. The van der Waals surface area contributed by atoms with Crippen molar-refractivity contribution in [1.29, 1.82) is 0 Å². The van der Waals surface area contributed by atoms with Gasteiger partial charge in [0.25, 0.3) is 0 Å². The summed E-state index contributed by atoms with van der Waals surface area (Å²) in [4.78, 5) is 19.2. The molecule has 2 rings (SSSR count). The first-order valence-corrected chi connectivity index (χ1v) is 7.71. The third kappa shape index (κ3) is 4.16. The second-order valence-electron chi connectivity index (χ2n) is 4.53. The van der Waals surface area contributed by atoms with Gasteiger partial charge >= 0.3 is 5.97 Å². The van der Waals surface area contributed by atoms with Gasteiger partial charge in [0.1, 0.15) is 0 Å². The van der Waals surface area contributed by atoms with Gasteiger partial charge in [-0.2, -0.15) is 0 Å². The zero-order valence-electron chi connectivity index (χ0n) is 12.0. The van der Waals surface area contributed by atoms with Crippen molar-refractivity contribution in [3.63, 3.8) is 0 Å². The fourth-order valence-corrected chi connectivity index (χ4v) is 2.83. The van der Waals surface area contributed by atoms with Crippen LogP contribution in [0.3, 0.4) is 0 Å². The molecule has 1 fully saturated rings. The van der Waals surface area contributed by atoms with Gasteiger partial charge in [-0.1, -0.05) is 0 Å². The van der Waals surface area contributed by atoms with Crippen LogP contribution in [0.25, 0.3) is 0 Å². The fraction of sp³-hybridized carbons (Fsp3) is 0.692. The van der Waals surface area contributed by atoms with E-state index in [4.69, 9.17) is 9.47 Å². The third-order valence-corrected chi connectivity index (χ3v) is 4.00. The van der Waals surface area contributed by atoms with Gasteiger partial charge in [0, 0.05) is 31.1 Å². The molecule has 1 aromatic rings. The van der Waals surface area contributed by atoms with Gasteiger partial charge in [-0.05, 0) is 13.8 Å². The Kier molecular flexibility index (Phi) is 5.75. The Balaban J connectivity index is 1.81. The van der Waals surface area contributed by atoms with Crippen molar-refractivity contribution in [1.82, 2.24) is 9.88 Å². The van der Waals surface area contributed by atoms with Crippen LogP contribution in [0.2, 0.25) is 0 Å². The average Bonchev–Trinajstić information content (AvgIpc) is 2.81. The molecule has 20 heavy (non-hydrogen) atoms. The number of carbonyl (C=O) groups is 1. The van der Waals surface area contributed by atoms with Gasteiger partial charge in [0.2, 0.25) is 0 Å². The second-order valence-corrected chi connectivity index (χ2v) is 5.73. The Morgan fingerprint density at radius 2 is 2.25 bits per heavy atom. The number of nitrogens with one attached hydrogen (secondary N) is 1. The molecule has 1 N–H and O–H groups in total. The highest BCUT2D eigenvalue weighted by Crippen LogP contribution is 2.22. The number of esters is 1. The summed E-state index contributed by atoms with van der Waals surface area (Å²) in [7, 11) is 0. The summed E-state index contributed by atoms with van der Waals surface area (Å²) in [5.74, 6) is -0.345. The molecule has 0 unspecified atom stereocenters. The maximum atomic E-state index is 11.7. The number of ether oxygens (including phenoxy) is 2. The number of hydrogen-bond donors (Lipinski definition) is 1. The smallest absolute Gasteiger partial charge is 0.358 e. The number of aromatic nitrogens is 1. The van der Waals surface area contributed by atoms with Crippen LogP contribution in [0, 0.1) is 6.92 Å². The molecule has 112 valence electrons. The summed E-state index contributed by atoms with van der Waals surface area (Å²) in [6, 6.07) is 0. The summed E-state index contributed by atoms with van der Waals surface area (Å²) in [5, 5.41) is 4.04. The second kappa shape index (κ2) is 7.56. The Bertz CT molecular complexity index is 444. The van der Waals surface area contributed by atoms with Crippen molar-refractivity contribution >= 4 is 22.4 Å². The number of rotatable bonds is 6. The topological polar surface area (TPSA) is 63.7 Å². The van der Waals surface area contributed by atoms with Crippen LogP contribution in [0.1, 0.15) is 22.3 Å². The van der Waals surface area contributed by atoms with Gasteiger partial charge in [-0.25, -0.2) is 9.78 Å². The lowest BCUT2D eigenvalue weighted by molar-refractivity contribution is 0.0398. The molecule has 2 heterocycles. The maximum absolute atomic E-state index is 11.7. The number of hydrogen-bond acceptors (Lipinski definition) is 7. The number of anilines is 1. The summed E-state index contributed by atoms with van der Waals surface area (Å²) in [5.41, 5.74) is 0.422. The standard InChI is InChI=1S/C13H21N3O3S/c1-3-19-12(17)11-10(2)20-13(15-11)14-4-5-16-6-8-18-9-7-16/h3-9H2,1-2H3,(H,14,15). The van der Waals surface area contributed by atoms with Crippen molar-refractivity contribution in [3.8, 4) is 0 Å². The molecule has 0 saturated carbocycles. The van der Waals surface area contributed by atoms with Crippen LogP contribution >= 0.6 is 11.3 Å². The Morgan fingerprint density at radius 3 is 2.95 bits per heavy atom. The summed E-state index contributed by atoms with van der Waals surface area (Å²) in [6.45, 7) is 9.39. The molecule has 0 aromatic carbocycles. The number of morpholine rings is 1. The SMILES string of the molecule is CCOC(=O)c1nc(NCCN2CCOCC2)sc1C. The fourth-order valence-electron chi connectivity index (χ4n) is 2.01. The van der Waals surface area contributed by atoms with Crippen LogP contribution < -0.4 is 5.32 Å². The summed E-state index contributed by atoms with van der Waals surface area (Å²) < 4.78 is 10.3. The number of carbonyl (C=O) groups excluding carboxylic acids is 1. The highest BCUT2D eigenvalue weighted by Gasteiger charge is 2.16. The van der Waals surface area contributed by atoms with Crippen molar-refractivity contribution < 1.29 is 14.3 Å². The average molecular weight is 299 g/mol. The molecule has 1 aromatic heterocycles. The minimum atomic E-state index is -0.345. The van der Waals surface area contributed by atoms with Crippen LogP contribution in [-0.4, -0.2) is 61.9 Å². The van der Waals surface area contributed by atoms with Gasteiger partial charge in [-0.3, -0.25) is 4.90 Å². The first-order chi connectivity index (χ1) is 9.70. The van der Waals surface area contributed by atoms with E-state index in [2.05, 4.69) is 15.2 Å². The predicted molar refractivity (Wildman–Crippen MR) is 78.6 cm³/mol. The zero-order chi connectivity index (χ0) is 14.4. The third-order valence-electron chi connectivity index (χ3n) is 3.07. The van der Waals surface area contributed by atoms with E-state index < -0.39 is 0 Å². The largest absolute Gasteiger partial charge is 0.461 e. The van der Waals surface area contributed by atoms with E-state index in [1.165, 1.54) is 11.3 Å². The zero-order valence-corrected chi connectivity index (χ0v) is 12.8. The molecule has 0 atom stereocenters. The Morgan fingerprint density at radius 1 is 1.50 bits per heavy atom. The van der Waals surface area contributed by atoms with E-state index in [0.717, 1.165) is 49.4 Å². The minimum absolute atomic E-state index is 0.345. The Hall–Kier alpha value is -1.18. The predicted octanol–water partition coefficient (Wildman–Crippen LogP) is 1.37. The number of nitrogens with zero attached hydrogens (tertiary/aromatic N) is 2. The van der Waals surface area contributed by atoms with E-state index in [9.17, 15) is 4.79 Å². The van der Waals surface area contributed by atoms with Crippen LogP contribution in [0.5, 0.6) is 0 Å². The summed E-state index contributed by atoms with van der Waals surface area (Å²) >= 11 is 1.49. The quantitative estimate of drug-likeness (QED) is 0.801. The Labute approximate surface area is 123 Å². The van der Waals surface area contributed by atoms with E-state index >= 15 is 0 Å². The molecule has 1 aliphatic heterocycles. The van der Waals surface area contributed by atoms with E-state index in [1.807, 2.05) is 6.92 Å². The monoisotopic (exact) mass is 299 g/mol. The minimum Gasteiger partial charge on any atom is -0.461 e. The molecule has 0 spiro atoms. The normalized spacial score (nSPS) is 16.1. The van der Waals surface area contributed by atoms with Gasteiger partial charge < -0.3 is 14.8 Å². The highest BCUT2D eigenvalue weighted by atomic mass is 32.1. The van der Waals surface area contributed by atoms with Crippen molar-refractivity contribution in [2.45, 2.75) is 13.8 Å². The van der Waals surface area contributed by atoms with Crippen LogP contribution in [0.4, 0.5) is 5.13 Å². The maximum Gasteiger partial charge on any atom is 0.358 e. The van der Waals surface area contributed by atoms with E-state index in [1.54, 1.807) is 6.92 Å². The molecule has 1 saturated heterocycles. The molecule has 0 aliphatic carbocycles. The van der Waals surface area contributed by atoms with E-state index in [-0.39, 0.29) is 5.97 Å². The molecule has 0 bridgehead atoms. The summed E-state index contributed by atoms with van der Waals surface area (Å²) in [6.07, 6.45) is 0. The van der Waals surface area contributed by atoms with Crippen LogP contribution in [-0.2, 0) is 9.47 Å². The van der Waals surface area contributed by atoms with Crippen molar-refractivity contribution in [2.75, 3.05) is 51.3 Å². The van der Waals surface area contributed by atoms with Gasteiger partial charge in [-0.15, -0.1) is 11.3 Å². The van der Waals surface area contributed by atoms with Gasteiger partial charge in [0.05, 0.1) is 19.8 Å². The lowest BCUT2D eigenvalue weighted by Crippen LogP contribution is -2.39. The van der Waals surface area contributed by atoms with Gasteiger partial charge in [0.15, 0.2) is 10.8 Å². The molecule has 6 nitrogen and oxygen atoms in total. The molecular formula is C13H21N3O3S. The number of aryl methyl sites for hydroxylation is 1. The molecule has 0 radical (unpaired) electrons. The first-order valence-electron chi connectivity index (χ1n) is 6.89. The highest BCUT2D eigenvalue weighted by molar-refractivity contribution is 7.15. The van der Waals surface area contributed by atoms with Crippen molar-refractivity contribution in [3.05, 3.63) is 10.6 Å². The molecule has 0 amide bonds.